The van der Waals surface area contributed by atoms with Crippen LogP contribution >= 0.6 is 0 Å². The molecule has 0 heterocycles. The standard InChI is InChI=1S/C14H22N2O3/c1-3-11(2)16-13(19)15-10-14(12(17)18)8-6-4-5-7-9-14/h1,11H,4-10H2,2H3,(H,17,18)(H2,15,16,19). The van der Waals surface area contributed by atoms with Gasteiger partial charge in [-0.1, -0.05) is 31.6 Å². The van der Waals surface area contributed by atoms with Gasteiger partial charge < -0.3 is 15.7 Å². The van der Waals surface area contributed by atoms with Gasteiger partial charge in [-0.05, 0) is 19.8 Å². The van der Waals surface area contributed by atoms with Gasteiger partial charge in [-0.3, -0.25) is 4.79 Å². The highest BCUT2D eigenvalue weighted by Gasteiger charge is 2.38. The van der Waals surface area contributed by atoms with Gasteiger partial charge >= 0.3 is 12.0 Å². The fourth-order valence-electron chi connectivity index (χ4n) is 2.41. The van der Waals surface area contributed by atoms with E-state index in [9.17, 15) is 14.7 Å². The van der Waals surface area contributed by atoms with Crippen molar-refractivity contribution in [2.75, 3.05) is 6.54 Å². The zero-order chi connectivity index (χ0) is 14.3. The summed E-state index contributed by atoms with van der Waals surface area (Å²) in [5.41, 5.74) is -0.826. The molecule has 0 saturated heterocycles. The fraction of sp³-hybridized carbons (Fsp3) is 0.714. The molecule has 2 amide bonds. The summed E-state index contributed by atoms with van der Waals surface area (Å²) in [5, 5.41) is 14.7. The van der Waals surface area contributed by atoms with Crippen LogP contribution in [0.25, 0.3) is 0 Å². The van der Waals surface area contributed by atoms with Crippen molar-refractivity contribution in [2.45, 2.75) is 51.5 Å². The first-order valence-corrected chi connectivity index (χ1v) is 6.74. The molecule has 1 aliphatic carbocycles. The maximum absolute atomic E-state index is 11.6. The van der Waals surface area contributed by atoms with Crippen LogP contribution < -0.4 is 10.6 Å². The van der Waals surface area contributed by atoms with E-state index in [1.54, 1.807) is 6.92 Å². The SMILES string of the molecule is C#CC(C)NC(=O)NCC1(C(=O)O)CCCCCC1. The summed E-state index contributed by atoms with van der Waals surface area (Å²) < 4.78 is 0. The van der Waals surface area contributed by atoms with E-state index in [0.717, 1.165) is 25.7 Å². The zero-order valence-electron chi connectivity index (χ0n) is 11.4. The third-order valence-corrected chi connectivity index (χ3v) is 3.70. The highest BCUT2D eigenvalue weighted by molar-refractivity contribution is 5.78. The normalized spacial score (nSPS) is 19.6. The van der Waals surface area contributed by atoms with Crippen LogP contribution in [0.5, 0.6) is 0 Å². The molecular formula is C14H22N2O3. The topological polar surface area (TPSA) is 78.4 Å². The second-order valence-electron chi connectivity index (χ2n) is 5.22. The van der Waals surface area contributed by atoms with Gasteiger partial charge in [0.25, 0.3) is 0 Å². The van der Waals surface area contributed by atoms with Gasteiger partial charge in [-0.15, -0.1) is 6.42 Å². The number of carboxylic acids is 1. The lowest BCUT2D eigenvalue weighted by atomic mass is 9.80. The molecule has 1 atom stereocenters. The molecule has 0 aromatic heterocycles. The Bertz CT molecular complexity index is 365. The van der Waals surface area contributed by atoms with E-state index in [2.05, 4.69) is 16.6 Å². The number of carboxylic acid groups (broad SMARTS) is 1. The molecule has 1 fully saturated rings. The monoisotopic (exact) mass is 266 g/mol. The Morgan fingerprint density at radius 1 is 1.32 bits per heavy atom. The number of amides is 2. The van der Waals surface area contributed by atoms with Crippen LogP contribution in [0, 0.1) is 17.8 Å². The van der Waals surface area contributed by atoms with Crippen molar-refractivity contribution in [3.05, 3.63) is 0 Å². The summed E-state index contributed by atoms with van der Waals surface area (Å²) >= 11 is 0. The van der Waals surface area contributed by atoms with E-state index in [4.69, 9.17) is 6.42 Å². The maximum Gasteiger partial charge on any atom is 0.315 e. The molecule has 3 N–H and O–H groups in total. The summed E-state index contributed by atoms with van der Waals surface area (Å²) in [6, 6.07) is -0.773. The number of carbonyl (C=O) groups is 2. The van der Waals surface area contributed by atoms with E-state index < -0.39 is 17.4 Å². The van der Waals surface area contributed by atoms with Crippen LogP contribution in [0.1, 0.15) is 45.4 Å². The fourth-order valence-corrected chi connectivity index (χ4v) is 2.41. The van der Waals surface area contributed by atoms with E-state index in [-0.39, 0.29) is 12.6 Å². The summed E-state index contributed by atoms with van der Waals surface area (Å²) in [6.45, 7) is 1.85. The second kappa shape index (κ2) is 7.03. The van der Waals surface area contributed by atoms with Gasteiger partial charge in [-0.25, -0.2) is 4.79 Å². The van der Waals surface area contributed by atoms with Crippen LogP contribution in [0.3, 0.4) is 0 Å². The Morgan fingerprint density at radius 2 is 1.89 bits per heavy atom. The molecule has 0 aromatic rings. The number of hydrogen-bond donors (Lipinski definition) is 3. The van der Waals surface area contributed by atoms with E-state index >= 15 is 0 Å². The van der Waals surface area contributed by atoms with Crippen molar-refractivity contribution >= 4 is 12.0 Å². The molecule has 19 heavy (non-hydrogen) atoms. The highest BCUT2D eigenvalue weighted by Crippen LogP contribution is 2.34. The van der Waals surface area contributed by atoms with Crippen LogP contribution in [0.2, 0.25) is 0 Å². The van der Waals surface area contributed by atoms with Gasteiger partial charge in [0.15, 0.2) is 0 Å². The Morgan fingerprint density at radius 3 is 2.37 bits per heavy atom. The van der Waals surface area contributed by atoms with Crippen molar-refractivity contribution in [1.82, 2.24) is 10.6 Å². The van der Waals surface area contributed by atoms with Crippen LogP contribution in [0.15, 0.2) is 0 Å². The maximum atomic E-state index is 11.6. The van der Waals surface area contributed by atoms with Gasteiger partial charge in [0, 0.05) is 6.54 Å². The summed E-state index contributed by atoms with van der Waals surface area (Å²) in [4.78, 5) is 23.1. The number of rotatable bonds is 4. The number of carbonyl (C=O) groups excluding carboxylic acids is 1. The number of terminal acetylenes is 1. The lowest BCUT2D eigenvalue weighted by Crippen LogP contribution is -2.47. The first-order chi connectivity index (χ1) is 9.00. The Labute approximate surface area is 114 Å². The van der Waals surface area contributed by atoms with E-state index in [0.29, 0.717) is 12.8 Å². The molecule has 0 aliphatic heterocycles. The van der Waals surface area contributed by atoms with Crippen molar-refractivity contribution in [2.24, 2.45) is 5.41 Å². The molecule has 5 heteroatoms. The molecule has 0 radical (unpaired) electrons. The van der Waals surface area contributed by atoms with Crippen molar-refractivity contribution < 1.29 is 14.7 Å². The summed E-state index contributed by atoms with van der Waals surface area (Å²) in [5.74, 6) is 1.57. The molecule has 0 bridgehead atoms. The van der Waals surface area contributed by atoms with Gasteiger partial charge in [-0.2, -0.15) is 0 Å². The zero-order valence-corrected chi connectivity index (χ0v) is 11.4. The molecule has 5 nitrogen and oxygen atoms in total. The molecule has 1 rings (SSSR count). The smallest absolute Gasteiger partial charge is 0.315 e. The predicted molar refractivity (Wildman–Crippen MR) is 72.6 cm³/mol. The van der Waals surface area contributed by atoms with Gasteiger partial charge in [0.1, 0.15) is 0 Å². The third-order valence-electron chi connectivity index (χ3n) is 3.70. The second-order valence-corrected chi connectivity index (χ2v) is 5.22. The molecule has 106 valence electrons. The minimum Gasteiger partial charge on any atom is -0.481 e. The van der Waals surface area contributed by atoms with Crippen LogP contribution in [-0.4, -0.2) is 29.7 Å². The van der Waals surface area contributed by atoms with E-state index in [1.807, 2.05) is 0 Å². The Kier molecular flexibility index (Phi) is 5.68. The number of hydrogen-bond acceptors (Lipinski definition) is 2. The molecule has 0 aromatic carbocycles. The molecule has 0 spiro atoms. The quantitative estimate of drug-likeness (QED) is 0.535. The average molecular weight is 266 g/mol. The molecular weight excluding hydrogens is 244 g/mol. The third kappa shape index (κ3) is 4.47. The number of nitrogens with one attached hydrogen (secondary N) is 2. The minimum atomic E-state index is -0.826. The largest absolute Gasteiger partial charge is 0.481 e. The van der Waals surface area contributed by atoms with Crippen LogP contribution in [-0.2, 0) is 4.79 Å². The first-order valence-electron chi connectivity index (χ1n) is 6.74. The van der Waals surface area contributed by atoms with Crippen LogP contribution in [0.4, 0.5) is 4.79 Å². The highest BCUT2D eigenvalue weighted by atomic mass is 16.4. The number of urea groups is 1. The lowest BCUT2D eigenvalue weighted by Gasteiger charge is -2.28. The van der Waals surface area contributed by atoms with Gasteiger partial charge in [0.05, 0.1) is 11.5 Å². The Balaban J connectivity index is 2.57. The summed E-state index contributed by atoms with van der Waals surface area (Å²) in [7, 11) is 0. The average Bonchev–Trinajstić information content (AvgIpc) is 2.62. The Hall–Kier alpha value is -1.70. The summed E-state index contributed by atoms with van der Waals surface area (Å²) in [6.07, 6.45) is 10.3. The van der Waals surface area contributed by atoms with E-state index in [1.165, 1.54) is 0 Å². The van der Waals surface area contributed by atoms with Crippen molar-refractivity contribution in [3.8, 4) is 12.3 Å². The molecule has 1 aliphatic rings. The molecule has 1 unspecified atom stereocenters. The first kappa shape index (κ1) is 15.4. The van der Waals surface area contributed by atoms with Crippen molar-refractivity contribution in [1.29, 1.82) is 0 Å². The minimum absolute atomic E-state index is 0.158. The van der Waals surface area contributed by atoms with Crippen molar-refractivity contribution in [3.63, 3.8) is 0 Å². The lowest BCUT2D eigenvalue weighted by molar-refractivity contribution is -0.149. The molecule has 1 saturated carbocycles. The predicted octanol–water partition coefficient (Wildman–Crippen LogP) is 1.73. The van der Waals surface area contributed by atoms with Gasteiger partial charge in [0.2, 0.25) is 0 Å². The number of aliphatic carboxylic acids is 1.